The number of hydrogen-bond acceptors (Lipinski definition) is 2. The first-order chi connectivity index (χ1) is 4.84. The summed E-state index contributed by atoms with van der Waals surface area (Å²) in [6.45, 7) is 2.12. The van der Waals surface area contributed by atoms with E-state index >= 15 is 0 Å². The molecular weight excluding hydrogens is 162 g/mol. The van der Waals surface area contributed by atoms with Gasteiger partial charge in [-0.15, -0.1) is 12.4 Å². The monoisotopic (exact) mass is 175 g/mol. The van der Waals surface area contributed by atoms with Crippen molar-refractivity contribution in [2.45, 2.75) is 25.8 Å². The molecule has 3 heteroatoms. The molecule has 2 N–H and O–H groups in total. The lowest BCUT2D eigenvalue weighted by Gasteiger charge is -2.05. The maximum absolute atomic E-state index is 5.79. The zero-order valence-corrected chi connectivity index (χ0v) is 7.43. The van der Waals surface area contributed by atoms with Gasteiger partial charge in [-0.1, -0.05) is 13.3 Å². The SMILES string of the molecule is CCC[C@@H](N)c1ccoc1.Cl. The molecule has 1 heterocycles. The fourth-order valence-electron chi connectivity index (χ4n) is 0.964. The van der Waals surface area contributed by atoms with Crippen LogP contribution in [-0.4, -0.2) is 0 Å². The van der Waals surface area contributed by atoms with E-state index in [4.69, 9.17) is 10.2 Å². The minimum Gasteiger partial charge on any atom is -0.472 e. The van der Waals surface area contributed by atoms with E-state index in [1.165, 1.54) is 0 Å². The van der Waals surface area contributed by atoms with Crippen molar-refractivity contribution in [1.82, 2.24) is 0 Å². The third-order valence-electron chi connectivity index (χ3n) is 1.57. The van der Waals surface area contributed by atoms with Crippen LogP contribution >= 0.6 is 12.4 Å². The normalized spacial score (nSPS) is 12.2. The zero-order chi connectivity index (χ0) is 7.40. The van der Waals surface area contributed by atoms with E-state index in [2.05, 4.69) is 6.92 Å². The summed E-state index contributed by atoms with van der Waals surface area (Å²) < 4.78 is 4.90. The third kappa shape index (κ3) is 2.95. The van der Waals surface area contributed by atoms with Crippen LogP contribution < -0.4 is 5.73 Å². The third-order valence-corrected chi connectivity index (χ3v) is 1.57. The maximum atomic E-state index is 5.79. The Morgan fingerprint density at radius 3 is 2.82 bits per heavy atom. The summed E-state index contributed by atoms with van der Waals surface area (Å²) in [6.07, 6.45) is 5.51. The molecule has 0 aliphatic heterocycles. The summed E-state index contributed by atoms with van der Waals surface area (Å²) in [5, 5.41) is 0. The molecule has 64 valence electrons. The van der Waals surface area contributed by atoms with Crippen molar-refractivity contribution >= 4 is 12.4 Å². The molecule has 0 fully saturated rings. The zero-order valence-electron chi connectivity index (χ0n) is 6.62. The van der Waals surface area contributed by atoms with Crippen LogP contribution in [-0.2, 0) is 0 Å². The van der Waals surface area contributed by atoms with Crippen molar-refractivity contribution in [3.8, 4) is 0 Å². The van der Waals surface area contributed by atoms with Gasteiger partial charge in [0.15, 0.2) is 0 Å². The Morgan fingerprint density at radius 1 is 1.64 bits per heavy atom. The lowest BCUT2D eigenvalue weighted by Crippen LogP contribution is -2.07. The summed E-state index contributed by atoms with van der Waals surface area (Å²) in [6, 6.07) is 2.07. The number of nitrogens with two attached hydrogens (primary N) is 1. The topological polar surface area (TPSA) is 39.2 Å². The second kappa shape index (κ2) is 5.22. The van der Waals surface area contributed by atoms with E-state index in [9.17, 15) is 0 Å². The largest absolute Gasteiger partial charge is 0.472 e. The van der Waals surface area contributed by atoms with E-state index in [1.807, 2.05) is 6.07 Å². The highest BCUT2D eigenvalue weighted by Crippen LogP contribution is 2.14. The maximum Gasteiger partial charge on any atom is 0.0950 e. The average Bonchev–Trinajstić information content (AvgIpc) is 2.38. The van der Waals surface area contributed by atoms with Gasteiger partial charge in [-0.25, -0.2) is 0 Å². The molecule has 0 unspecified atom stereocenters. The summed E-state index contributed by atoms with van der Waals surface area (Å²) >= 11 is 0. The summed E-state index contributed by atoms with van der Waals surface area (Å²) in [5.41, 5.74) is 6.89. The van der Waals surface area contributed by atoms with Crippen LogP contribution in [0, 0.1) is 0 Å². The van der Waals surface area contributed by atoms with Gasteiger partial charge in [0.05, 0.1) is 12.5 Å². The van der Waals surface area contributed by atoms with Gasteiger partial charge < -0.3 is 10.2 Å². The molecule has 0 amide bonds. The summed E-state index contributed by atoms with van der Waals surface area (Å²) in [5.74, 6) is 0. The van der Waals surface area contributed by atoms with Gasteiger partial charge in [0, 0.05) is 11.6 Å². The lowest BCUT2D eigenvalue weighted by molar-refractivity contribution is 0.553. The summed E-state index contributed by atoms with van der Waals surface area (Å²) in [7, 11) is 0. The van der Waals surface area contributed by atoms with Crippen LogP contribution in [0.5, 0.6) is 0 Å². The molecule has 1 aromatic heterocycles. The average molecular weight is 176 g/mol. The van der Waals surface area contributed by atoms with Crippen molar-refractivity contribution in [2.24, 2.45) is 5.73 Å². The molecule has 0 bridgehead atoms. The Balaban J connectivity index is 0.000001000. The van der Waals surface area contributed by atoms with Crippen molar-refractivity contribution in [3.05, 3.63) is 24.2 Å². The van der Waals surface area contributed by atoms with Crippen molar-refractivity contribution in [2.75, 3.05) is 0 Å². The first kappa shape index (κ1) is 10.5. The lowest BCUT2D eigenvalue weighted by atomic mass is 10.1. The van der Waals surface area contributed by atoms with Gasteiger partial charge in [-0.05, 0) is 12.5 Å². The van der Waals surface area contributed by atoms with Gasteiger partial charge in [-0.3, -0.25) is 0 Å². The molecule has 1 aromatic rings. The predicted octanol–water partition coefficient (Wildman–Crippen LogP) is 2.50. The molecule has 0 saturated heterocycles. The van der Waals surface area contributed by atoms with E-state index in [-0.39, 0.29) is 18.4 Å². The first-order valence-electron chi connectivity index (χ1n) is 3.62. The van der Waals surface area contributed by atoms with Gasteiger partial charge in [-0.2, -0.15) is 0 Å². The number of hydrogen-bond donors (Lipinski definition) is 1. The molecule has 0 aliphatic carbocycles. The van der Waals surface area contributed by atoms with Gasteiger partial charge in [0.25, 0.3) is 0 Å². The molecule has 0 radical (unpaired) electrons. The second-order valence-corrected chi connectivity index (χ2v) is 2.45. The van der Waals surface area contributed by atoms with Crippen LogP contribution in [0.3, 0.4) is 0 Å². The Morgan fingerprint density at radius 2 is 2.36 bits per heavy atom. The van der Waals surface area contributed by atoms with Crippen LogP contribution in [0.25, 0.3) is 0 Å². The van der Waals surface area contributed by atoms with E-state index in [0.717, 1.165) is 18.4 Å². The molecule has 1 atom stereocenters. The minimum atomic E-state index is 0. The van der Waals surface area contributed by atoms with Gasteiger partial charge in [0.2, 0.25) is 0 Å². The van der Waals surface area contributed by atoms with Crippen LogP contribution in [0.2, 0.25) is 0 Å². The molecule has 0 aliphatic rings. The first-order valence-corrected chi connectivity index (χ1v) is 3.62. The van der Waals surface area contributed by atoms with Crippen molar-refractivity contribution in [1.29, 1.82) is 0 Å². The van der Waals surface area contributed by atoms with E-state index in [0.29, 0.717) is 0 Å². The molecule has 11 heavy (non-hydrogen) atoms. The molecule has 0 aromatic carbocycles. The van der Waals surface area contributed by atoms with Crippen molar-refractivity contribution < 1.29 is 4.42 Å². The molecule has 1 rings (SSSR count). The molecule has 2 nitrogen and oxygen atoms in total. The highest BCUT2D eigenvalue weighted by molar-refractivity contribution is 5.85. The Bertz CT molecular complexity index is 174. The fourth-order valence-corrected chi connectivity index (χ4v) is 0.964. The molecule has 0 saturated carbocycles. The standard InChI is InChI=1S/C8H13NO.ClH/c1-2-3-8(9)7-4-5-10-6-7;/h4-6,8H,2-3,9H2,1H3;1H/t8-;/m1./s1. The van der Waals surface area contributed by atoms with E-state index in [1.54, 1.807) is 12.5 Å². The quantitative estimate of drug-likeness (QED) is 0.767. The molecular formula is C8H14ClNO. The van der Waals surface area contributed by atoms with Crippen LogP contribution in [0.1, 0.15) is 31.4 Å². The van der Waals surface area contributed by atoms with Gasteiger partial charge in [0.1, 0.15) is 0 Å². The van der Waals surface area contributed by atoms with E-state index < -0.39 is 0 Å². The van der Waals surface area contributed by atoms with Gasteiger partial charge >= 0.3 is 0 Å². The minimum absolute atomic E-state index is 0. The number of halogens is 1. The van der Waals surface area contributed by atoms with Crippen LogP contribution in [0.4, 0.5) is 0 Å². The highest BCUT2D eigenvalue weighted by Gasteiger charge is 2.03. The smallest absolute Gasteiger partial charge is 0.0950 e. The number of rotatable bonds is 3. The Hall–Kier alpha value is -0.470. The highest BCUT2D eigenvalue weighted by atomic mass is 35.5. The number of furan rings is 1. The van der Waals surface area contributed by atoms with Crippen molar-refractivity contribution in [3.63, 3.8) is 0 Å². The molecule has 0 spiro atoms. The Kier molecular flexibility index (Phi) is 4.99. The Labute approximate surface area is 73.2 Å². The fraction of sp³-hybridized carbons (Fsp3) is 0.500. The second-order valence-electron chi connectivity index (χ2n) is 2.45. The summed E-state index contributed by atoms with van der Waals surface area (Å²) in [4.78, 5) is 0. The predicted molar refractivity (Wildman–Crippen MR) is 47.8 cm³/mol. The van der Waals surface area contributed by atoms with Crippen LogP contribution in [0.15, 0.2) is 23.0 Å².